The first-order valence-electron chi connectivity index (χ1n) is 4.34. The molecule has 1 aromatic carbocycles. The summed E-state index contributed by atoms with van der Waals surface area (Å²) in [6.07, 6.45) is 1.02. The molecule has 1 N–H and O–H groups in total. The highest BCUT2D eigenvalue weighted by atomic mass is 35.5. The van der Waals surface area contributed by atoms with E-state index in [0.29, 0.717) is 12.0 Å². The molecule has 2 atom stereocenters. The van der Waals surface area contributed by atoms with Crippen LogP contribution >= 0.6 is 12.4 Å². The lowest BCUT2D eigenvalue weighted by atomic mass is 10.1. The maximum atomic E-state index is 12.8. The smallest absolute Gasteiger partial charge is 0.159 e. The molecule has 2 rings (SSSR count). The summed E-state index contributed by atoms with van der Waals surface area (Å²) in [6, 6.07) is 4.57. The Bertz CT molecular complexity index is 330. The second-order valence-corrected chi connectivity index (χ2v) is 3.41. The average molecular weight is 220 g/mol. The zero-order valence-corrected chi connectivity index (χ0v) is 8.57. The number of hydrogen-bond acceptors (Lipinski definition) is 1. The molecule has 0 aliphatic heterocycles. The monoisotopic (exact) mass is 219 g/mol. The van der Waals surface area contributed by atoms with E-state index in [4.69, 9.17) is 0 Å². The van der Waals surface area contributed by atoms with Crippen LogP contribution in [0.2, 0.25) is 0 Å². The summed E-state index contributed by atoms with van der Waals surface area (Å²) in [6.45, 7) is 0. The molecule has 1 saturated carbocycles. The molecule has 0 radical (unpaired) electrons. The highest BCUT2D eigenvalue weighted by Gasteiger charge is 2.37. The van der Waals surface area contributed by atoms with Gasteiger partial charge in [-0.1, -0.05) is 6.07 Å². The van der Waals surface area contributed by atoms with Crippen LogP contribution in [-0.4, -0.2) is 13.1 Å². The van der Waals surface area contributed by atoms with E-state index in [-0.39, 0.29) is 12.4 Å². The van der Waals surface area contributed by atoms with Crippen molar-refractivity contribution in [1.29, 1.82) is 0 Å². The van der Waals surface area contributed by atoms with Crippen LogP contribution in [0.1, 0.15) is 17.9 Å². The minimum Gasteiger partial charge on any atom is -0.316 e. The Kier molecular flexibility index (Phi) is 3.45. The van der Waals surface area contributed by atoms with Crippen LogP contribution in [0.4, 0.5) is 8.78 Å². The molecular formula is C10H12ClF2N. The van der Waals surface area contributed by atoms with Crippen LogP contribution in [0.3, 0.4) is 0 Å². The summed E-state index contributed by atoms with van der Waals surface area (Å²) >= 11 is 0. The van der Waals surface area contributed by atoms with Gasteiger partial charge in [0.05, 0.1) is 0 Å². The first kappa shape index (κ1) is 11.4. The van der Waals surface area contributed by atoms with E-state index in [0.717, 1.165) is 12.0 Å². The number of nitrogens with one attached hydrogen (secondary N) is 1. The molecule has 1 nitrogen and oxygen atoms in total. The van der Waals surface area contributed by atoms with Gasteiger partial charge >= 0.3 is 0 Å². The van der Waals surface area contributed by atoms with Gasteiger partial charge < -0.3 is 5.32 Å². The second-order valence-electron chi connectivity index (χ2n) is 3.41. The summed E-state index contributed by atoms with van der Waals surface area (Å²) in [5.74, 6) is -1.16. The van der Waals surface area contributed by atoms with Gasteiger partial charge in [-0.3, -0.25) is 0 Å². The van der Waals surface area contributed by atoms with Crippen molar-refractivity contribution in [1.82, 2.24) is 5.32 Å². The molecule has 0 saturated heterocycles. The summed E-state index contributed by atoms with van der Waals surface area (Å²) in [7, 11) is 1.88. The van der Waals surface area contributed by atoms with Crippen LogP contribution in [-0.2, 0) is 0 Å². The SMILES string of the molecule is CN[C@@H]1C[C@H]1c1ccc(F)c(F)c1.Cl. The minimum atomic E-state index is -0.773. The van der Waals surface area contributed by atoms with E-state index in [9.17, 15) is 8.78 Å². The van der Waals surface area contributed by atoms with E-state index in [1.165, 1.54) is 12.1 Å². The predicted octanol–water partition coefficient (Wildman–Crippen LogP) is 2.46. The molecule has 1 aromatic rings. The van der Waals surface area contributed by atoms with Crippen molar-refractivity contribution in [2.45, 2.75) is 18.4 Å². The summed E-state index contributed by atoms with van der Waals surface area (Å²) in [4.78, 5) is 0. The topological polar surface area (TPSA) is 12.0 Å². The fraction of sp³-hybridized carbons (Fsp3) is 0.400. The molecule has 78 valence electrons. The molecule has 0 heterocycles. The van der Waals surface area contributed by atoms with E-state index >= 15 is 0 Å². The van der Waals surface area contributed by atoms with E-state index in [1.54, 1.807) is 6.07 Å². The van der Waals surface area contributed by atoms with Crippen molar-refractivity contribution >= 4 is 12.4 Å². The first-order chi connectivity index (χ1) is 6.22. The van der Waals surface area contributed by atoms with Gasteiger partial charge in [0.25, 0.3) is 0 Å². The van der Waals surface area contributed by atoms with E-state index < -0.39 is 11.6 Å². The quantitative estimate of drug-likeness (QED) is 0.806. The number of rotatable bonds is 2. The van der Waals surface area contributed by atoms with Gasteiger partial charge in [0.15, 0.2) is 11.6 Å². The lowest BCUT2D eigenvalue weighted by Crippen LogP contribution is -2.10. The fourth-order valence-corrected chi connectivity index (χ4v) is 1.63. The van der Waals surface area contributed by atoms with Gasteiger partial charge in [0.1, 0.15) is 0 Å². The summed E-state index contributed by atoms with van der Waals surface area (Å²) in [5.41, 5.74) is 0.887. The summed E-state index contributed by atoms with van der Waals surface area (Å²) < 4.78 is 25.4. The van der Waals surface area contributed by atoms with Gasteiger partial charge in [-0.25, -0.2) is 8.78 Å². The Hall–Kier alpha value is -0.670. The molecule has 0 unspecified atom stereocenters. The van der Waals surface area contributed by atoms with E-state index in [1.807, 2.05) is 7.05 Å². The van der Waals surface area contributed by atoms with Gasteiger partial charge in [-0.15, -0.1) is 12.4 Å². The molecule has 1 aliphatic rings. The van der Waals surface area contributed by atoms with Crippen LogP contribution in [0.5, 0.6) is 0 Å². The summed E-state index contributed by atoms with van der Waals surface area (Å²) in [5, 5.41) is 3.11. The average Bonchev–Trinajstić information content (AvgIpc) is 2.88. The molecule has 0 bridgehead atoms. The Labute approximate surface area is 87.9 Å². The lowest BCUT2D eigenvalue weighted by Gasteiger charge is -2.00. The number of likely N-dealkylation sites (N-methyl/N-ethyl adjacent to an activating group) is 1. The molecule has 14 heavy (non-hydrogen) atoms. The molecule has 0 spiro atoms. The first-order valence-corrected chi connectivity index (χ1v) is 4.34. The molecule has 1 aliphatic carbocycles. The fourth-order valence-electron chi connectivity index (χ4n) is 1.63. The Morgan fingerprint density at radius 2 is 2.00 bits per heavy atom. The molecule has 0 aromatic heterocycles. The van der Waals surface area contributed by atoms with Crippen molar-refractivity contribution in [3.8, 4) is 0 Å². The van der Waals surface area contributed by atoms with Gasteiger partial charge in [-0.05, 0) is 31.2 Å². The van der Waals surface area contributed by atoms with Crippen LogP contribution in [0.15, 0.2) is 18.2 Å². The van der Waals surface area contributed by atoms with Crippen LogP contribution < -0.4 is 5.32 Å². The largest absolute Gasteiger partial charge is 0.316 e. The molecule has 1 fully saturated rings. The number of hydrogen-bond donors (Lipinski definition) is 1. The van der Waals surface area contributed by atoms with Crippen molar-refractivity contribution < 1.29 is 8.78 Å². The lowest BCUT2D eigenvalue weighted by molar-refractivity contribution is 0.507. The Morgan fingerprint density at radius 1 is 1.29 bits per heavy atom. The second kappa shape index (κ2) is 4.24. The minimum absolute atomic E-state index is 0. The van der Waals surface area contributed by atoms with Crippen molar-refractivity contribution in [2.24, 2.45) is 0 Å². The van der Waals surface area contributed by atoms with Gasteiger partial charge in [-0.2, -0.15) is 0 Å². The highest BCUT2D eigenvalue weighted by Crippen LogP contribution is 2.40. The van der Waals surface area contributed by atoms with Gasteiger partial charge in [0.2, 0.25) is 0 Å². The third-order valence-corrected chi connectivity index (χ3v) is 2.53. The number of benzene rings is 1. The maximum Gasteiger partial charge on any atom is 0.159 e. The van der Waals surface area contributed by atoms with Gasteiger partial charge in [0, 0.05) is 12.0 Å². The third kappa shape index (κ3) is 2.04. The number of halogens is 3. The zero-order valence-electron chi connectivity index (χ0n) is 7.76. The predicted molar refractivity (Wildman–Crippen MR) is 53.8 cm³/mol. The molecule has 4 heteroatoms. The molecular weight excluding hydrogens is 208 g/mol. The standard InChI is InChI=1S/C10H11F2N.ClH/c1-13-10-5-7(10)6-2-3-8(11)9(12)4-6;/h2-4,7,10,13H,5H2,1H3;1H/t7-,10+;/m0./s1. The Morgan fingerprint density at radius 3 is 2.50 bits per heavy atom. The van der Waals surface area contributed by atoms with Crippen LogP contribution in [0, 0.1) is 11.6 Å². The van der Waals surface area contributed by atoms with Crippen molar-refractivity contribution in [3.05, 3.63) is 35.4 Å². The third-order valence-electron chi connectivity index (χ3n) is 2.53. The highest BCUT2D eigenvalue weighted by molar-refractivity contribution is 5.85. The van der Waals surface area contributed by atoms with Crippen LogP contribution in [0.25, 0.3) is 0 Å². The molecule has 0 amide bonds. The van der Waals surface area contributed by atoms with E-state index in [2.05, 4.69) is 5.32 Å². The normalized spacial score (nSPS) is 24.2. The zero-order chi connectivity index (χ0) is 9.42. The maximum absolute atomic E-state index is 12.8. The van der Waals surface area contributed by atoms with Crippen molar-refractivity contribution in [2.75, 3.05) is 7.05 Å². The van der Waals surface area contributed by atoms with Crippen molar-refractivity contribution in [3.63, 3.8) is 0 Å². The Balaban J connectivity index is 0.000000980.